The predicted molar refractivity (Wildman–Crippen MR) is 59.0 cm³/mol. The number of likely N-dealkylation sites (tertiary alicyclic amines) is 1. The monoisotopic (exact) mass is 190 g/mol. The molecule has 0 aromatic heterocycles. The summed E-state index contributed by atoms with van der Waals surface area (Å²) >= 11 is 0. The molecule has 0 saturated carbocycles. The van der Waals surface area contributed by atoms with Crippen LogP contribution in [0.3, 0.4) is 0 Å². The van der Waals surface area contributed by atoms with Gasteiger partial charge in [-0.1, -0.05) is 30.3 Å². The van der Waals surface area contributed by atoms with Crippen LogP contribution in [-0.2, 0) is 0 Å². The Morgan fingerprint density at radius 1 is 1.36 bits per heavy atom. The quantitative estimate of drug-likeness (QED) is 0.768. The van der Waals surface area contributed by atoms with Crippen LogP contribution in [0.5, 0.6) is 0 Å². The maximum Gasteiger partial charge on any atom is 0.0385 e. The second-order valence-corrected chi connectivity index (χ2v) is 4.12. The van der Waals surface area contributed by atoms with Gasteiger partial charge < -0.3 is 5.73 Å². The summed E-state index contributed by atoms with van der Waals surface area (Å²) in [7, 11) is 2.19. The van der Waals surface area contributed by atoms with Crippen LogP contribution >= 0.6 is 0 Å². The van der Waals surface area contributed by atoms with Gasteiger partial charge in [0.1, 0.15) is 0 Å². The van der Waals surface area contributed by atoms with Crippen molar-refractivity contribution >= 4 is 0 Å². The van der Waals surface area contributed by atoms with Crippen molar-refractivity contribution in [3.05, 3.63) is 35.9 Å². The minimum absolute atomic E-state index is 0.529. The normalized spacial score (nSPS) is 28.1. The third kappa shape index (κ3) is 1.68. The summed E-state index contributed by atoms with van der Waals surface area (Å²) in [5.41, 5.74) is 7.20. The summed E-state index contributed by atoms with van der Waals surface area (Å²) in [6.07, 6.45) is 1.23. The highest BCUT2D eigenvalue weighted by Crippen LogP contribution is 2.34. The number of nitrogens with two attached hydrogens (primary N) is 1. The summed E-state index contributed by atoms with van der Waals surface area (Å²) in [4.78, 5) is 2.41. The van der Waals surface area contributed by atoms with Gasteiger partial charge in [0.05, 0.1) is 0 Å². The SMILES string of the molecule is CN1CCC(CN)C1c1ccccc1. The molecule has 1 aliphatic heterocycles. The average molecular weight is 190 g/mol. The first-order valence-corrected chi connectivity index (χ1v) is 5.28. The van der Waals surface area contributed by atoms with Crippen LogP contribution in [0.15, 0.2) is 30.3 Å². The van der Waals surface area contributed by atoms with Crippen LogP contribution in [0.1, 0.15) is 18.0 Å². The van der Waals surface area contributed by atoms with Crippen LogP contribution in [0.25, 0.3) is 0 Å². The molecule has 0 radical (unpaired) electrons. The molecule has 0 aliphatic carbocycles. The van der Waals surface area contributed by atoms with E-state index in [-0.39, 0.29) is 0 Å². The Kier molecular flexibility index (Phi) is 2.85. The predicted octanol–water partition coefficient (Wildman–Crippen LogP) is 1.64. The van der Waals surface area contributed by atoms with Gasteiger partial charge in [0.15, 0.2) is 0 Å². The second-order valence-electron chi connectivity index (χ2n) is 4.12. The third-order valence-electron chi connectivity index (χ3n) is 3.22. The molecule has 0 spiro atoms. The molecule has 2 atom stereocenters. The molecule has 1 saturated heterocycles. The highest BCUT2D eigenvalue weighted by Gasteiger charge is 2.31. The Labute approximate surface area is 85.7 Å². The van der Waals surface area contributed by atoms with Gasteiger partial charge in [0.25, 0.3) is 0 Å². The van der Waals surface area contributed by atoms with Crippen LogP contribution < -0.4 is 5.73 Å². The number of hydrogen-bond acceptors (Lipinski definition) is 2. The lowest BCUT2D eigenvalue weighted by Gasteiger charge is -2.24. The van der Waals surface area contributed by atoms with Gasteiger partial charge in [-0.25, -0.2) is 0 Å². The largest absolute Gasteiger partial charge is 0.330 e. The molecule has 0 amide bonds. The first-order valence-electron chi connectivity index (χ1n) is 5.28. The van der Waals surface area contributed by atoms with Crippen molar-refractivity contribution in [1.82, 2.24) is 4.90 Å². The number of nitrogens with zero attached hydrogens (tertiary/aromatic N) is 1. The van der Waals surface area contributed by atoms with E-state index in [0.29, 0.717) is 12.0 Å². The Hall–Kier alpha value is -0.860. The zero-order chi connectivity index (χ0) is 9.97. The molecule has 14 heavy (non-hydrogen) atoms. The van der Waals surface area contributed by atoms with Crippen LogP contribution in [-0.4, -0.2) is 25.0 Å². The smallest absolute Gasteiger partial charge is 0.0385 e. The van der Waals surface area contributed by atoms with Gasteiger partial charge in [-0.15, -0.1) is 0 Å². The molecular formula is C12H18N2. The molecule has 1 heterocycles. The van der Waals surface area contributed by atoms with Gasteiger partial charge in [-0.05, 0) is 38.0 Å². The van der Waals surface area contributed by atoms with E-state index in [1.807, 2.05) is 0 Å². The second kappa shape index (κ2) is 4.11. The van der Waals surface area contributed by atoms with E-state index in [4.69, 9.17) is 5.73 Å². The minimum Gasteiger partial charge on any atom is -0.330 e. The van der Waals surface area contributed by atoms with E-state index in [1.165, 1.54) is 18.5 Å². The van der Waals surface area contributed by atoms with Gasteiger partial charge in [-0.2, -0.15) is 0 Å². The Balaban J connectivity index is 2.23. The van der Waals surface area contributed by atoms with E-state index >= 15 is 0 Å². The maximum absolute atomic E-state index is 5.80. The zero-order valence-electron chi connectivity index (χ0n) is 8.69. The van der Waals surface area contributed by atoms with Crippen molar-refractivity contribution in [2.75, 3.05) is 20.1 Å². The molecule has 1 aliphatic rings. The lowest BCUT2D eigenvalue weighted by Crippen LogP contribution is -2.25. The molecule has 1 aromatic rings. The van der Waals surface area contributed by atoms with Gasteiger partial charge in [0.2, 0.25) is 0 Å². The molecule has 0 bridgehead atoms. The number of rotatable bonds is 2. The fourth-order valence-corrected chi connectivity index (χ4v) is 2.45. The van der Waals surface area contributed by atoms with Crippen molar-refractivity contribution in [2.45, 2.75) is 12.5 Å². The van der Waals surface area contributed by atoms with Crippen molar-refractivity contribution in [1.29, 1.82) is 0 Å². The topological polar surface area (TPSA) is 29.3 Å². The molecular weight excluding hydrogens is 172 g/mol. The first kappa shape index (κ1) is 9.69. The lowest BCUT2D eigenvalue weighted by molar-refractivity contribution is 0.279. The zero-order valence-corrected chi connectivity index (χ0v) is 8.69. The van der Waals surface area contributed by atoms with E-state index in [2.05, 4.69) is 42.3 Å². The van der Waals surface area contributed by atoms with Crippen molar-refractivity contribution < 1.29 is 0 Å². The number of benzene rings is 1. The molecule has 2 heteroatoms. The molecule has 76 valence electrons. The van der Waals surface area contributed by atoms with E-state index < -0.39 is 0 Å². The summed E-state index contributed by atoms with van der Waals surface area (Å²) in [6, 6.07) is 11.2. The standard InChI is InChI=1S/C12H18N2/c1-14-8-7-11(9-13)12(14)10-5-3-2-4-6-10/h2-6,11-12H,7-9,13H2,1H3. The highest BCUT2D eigenvalue weighted by molar-refractivity contribution is 5.21. The maximum atomic E-state index is 5.80. The fourth-order valence-electron chi connectivity index (χ4n) is 2.45. The van der Waals surface area contributed by atoms with Crippen molar-refractivity contribution in [3.8, 4) is 0 Å². The summed E-state index contributed by atoms with van der Waals surface area (Å²) in [6.45, 7) is 1.96. The summed E-state index contributed by atoms with van der Waals surface area (Å²) < 4.78 is 0. The average Bonchev–Trinajstić information content (AvgIpc) is 2.61. The molecule has 2 rings (SSSR count). The Morgan fingerprint density at radius 2 is 2.07 bits per heavy atom. The molecule has 1 aromatic carbocycles. The number of hydrogen-bond donors (Lipinski definition) is 1. The van der Waals surface area contributed by atoms with Crippen LogP contribution in [0.2, 0.25) is 0 Å². The van der Waals surface area contributed by atoms with Crippen molar-refractivity contribution in [2.24, 2.45) is 11.7 Å². The van der Waals surface area contributed by atoms with Crippen molar-refractivity contribution in [3.63, 3.8) is 0 Å². The highest BCUT2D eigenvalue weighted by atomic mass is 15.2. The van der Waals surface area contributed by atoms with Gasteiger partial charge in [0, 0.05) is 6.04 Å². The molecule has 1 fully saturated rings. The fraction of sp³-hybridized carbons (Fsp3) is 0.500. The molecule has 2 nitrogen and oxygen atoms in total. The van der Waals surface area contributed by atoms with E-state index in [9.17, 15) is 0 Å². The third-order valence-corrected chi connectivity index (χ3v) is 3.22. The van der Waals surface area contributed by atoms with E-state index in [0.717, 1.165) is 6.54 Å². The van der Waals surface area contributed by atoms with E-state index in [1.54, 1.807) is 0 Å². The molecule has 2 N–H and O–H groups in total. The van der Waals surface area contributed by atoms with Gasteiger partial charge in [-0.3, -0.25) is 4.90 Å². The first-order chi connectivity index (χ1) is 6.83. The Bertz CT molecular complexity index is 284. The van der Waals surface area contributed by atoms with Crippen LogP contribution in [0, 0.1) is 5.92 Å². The lowest BCUT2D eigenvalue weighted by atomic mass is 9.94. The summed E-state index contributed by atoms with van der Waals surface area (Å²) in [5, 5.41) is 0. The molecule has 2 unspecified atom stereocenters. The minimum atomic E-state index is 0.529. The van der Waals surface area contributed by atoms with Gasteiger partial charge >= 0.3 is 0 Å². The summed E-state index contributed by atoms with van der Waals surface area (Å²) in [5.74, 6) is 0.627. The van der Waals surface area contributed by atoms with Crippen LogP contribution in [0.4, 0.5) is 0 Å². The Morgan fingerprint density at radius 3 is 2.71 bits per heavy atom.